The molecule has 0 saturated carbocycles. The van der Waals surface area contributed by atoms with Gasteiger partial charge in [-0.05, 0) is 91.5 Å². The van der Waals surface area contributed by atoms with Gasteiger partial charge in [0.2, 0.25) is 0 Å². The van der Waals surface area contributed by atoms with Crippen LogP contribution in [0.25, 0.3) is 83.1 Å². The van der Waals surface area contributed by atoms with Gasteiger partial charge >= 0.3 is 0 Å². The smallest absolute Gasteiger partial charge is 0.0619 e. The predicted octanol–water partition coefficient (Wildman–Crippen LogP) is 13.8. The van der Waals surface area contributed by atoms with Gasteiger partial charge in [-0.2, -0.15) is 0 Å². The molecule has 52 heavy (non-hydrogen) atoms. The number of benzene rings is 8. The van der Waals surface area contributed by atoms with Gasteiger partial charge in [-0.1, -0.05) is 172 Å². The van der Waals surface area contributed by atoms with Gasteiger partial charge in [-0.15, -0.1) is 0 Å². The Hall–Kier alpha value is -6.44. The normalized spacial score (nSPS) is 13.0. The van der Waals surface area contributed by atoms with E-state index in [-0.39, 0.29) is 5.41 Å². The molecule has 10 rings (SSSR count). The molecular weight excluding hydrogens is 627 g/mol. The standard InChI is InChI=1S/C51H37N/c1-51(2)47-22-11-9-18-43(47)44-29-28-38(33-48(44)51)36-24-26-37(27-25-36)42-20-13-21-46-45-19-10-12-23-49(45)52(50(42)46)41-31-39(34-14-5-3-6-15-34)30-40(32-41)35-16-7-4-8-17-35/h3-33H,1-2H3. The van der Waals surface area contributed by atoms with Crippen molar-refractivity contribution in [3.8, 4) is 61.3 Å². The molecule has 8 aromatic carbocycles. The highest BCUT2D eigenvalue weighted by molar-refractivity contribution is 6.14. The van der Waals surface area contributed by atoms with Gasteiger partial charge in [0.1, 0.15) is 0 Å². The topological polar surface area (TPSA) is 4.93 Å². The Labute approximate surface area is 305 Å². The van der Waals surface area contributed by atoms with E-state index in [1.165, 1.54) is 88.6 Å². The van der Waals surface area contributed by atoms with Gasteiger partial charge < -0.3 is 4.57 Å². The third kappa shape index (κ3) is 4.77. The van der Waals surface area contributed by atoms with Crippen molar-refractivity contribution in [1.29, 1.82) is 0 Å². The average molecular weight is 664 g/mol. The number of para-hydroxylation sites is 2. The van der Waals surface area contributed by atoms with Crippen molar-refractivity contribution in [1.82, 2.24) is 4.57 Å². The van der Waals surface area contributed by atoms with E-state index in [9.17, 15) is 0 Å². The SMILES string of the molecule is CC1(C)c2ccccc2-c2ccc(-c3ccc(-c4cccc5c6ccccc6n(-c6cc(-c7ccccc7)cc(-c7ccccc7)c6)c45)cc3)cc21. The number of fused-ring (bicyclic) bond motifs is 6. The van der Waals surface area contributed by atoms with Gasteiger partial charge in [-0.3, -0.25) is 0 Å². The molecule has 0 saturated heterocycles. The van der Waals surface area contributed by atoms with Crippen LogP contribution in [-0.2, 0) is 5.41 Å². The Bertz CT molecular complexity index is 2730. The molecule has 0 atom stereocenters. The first-order valence-electron chi connectivity index (χ1n) is 18.2. The third-order valence-corrected chi connectivity index (χ3v) is 11.2. The van der Waals surface area contributed by atoms with Crippen LogP contribution in [0, 0.1) is 0 Å². The first-order chi connectivity index (χ1) is 25.5. The zero-order valence-corrected chi connectivity index (χ0v) is 29.3. The zero-order valence-electron chi connectivity index (χ0n) is 29.3. The number of hydrogen-bond donors (Lipinski definition) is 0. The third-order valence-electron chi connectivity index (χ3n) is 11.2. The van der Waals surface area contributed by atoms with E-state index in [4.69, 9.17) is 0 Å². The highest BCUT2D eigenvalue weighted by Gasteiger charge is 2.35. The summed E-state index contributed by atoms with van der Waals surface area (Å²) in [5, 5.41) is 2.51. The molecule has 0 bridgehead atoms. The van der Waals surface area contributed by atoms with Crippen LogP contribution >= 0.6 is 0 Å². The lowest BCUT2D eigenvalue weighted by molar-refractivity contribution is 0.660. The average Bonchev–Trinajstić information content (AvgIpc) is 3.67. The minimum atomic E-state index is -0.0247. The molecule has 0 aliphatic heterocycles. The summed E-state index contributed by atoms with van der Waals surface area (Å²) in [7, 11) is 0. The molecule has 0 N–H and O–H groups in total. The van der Waals surface area contributed by atoms with E-state index in [2.05, 4.69) is 206 Å². The van der Waals surface area contributed by atoms with Crippen LogP contribution in [0.5, 0.6) is 0 Å². The van der Waals surface area contributed by atoms with E-state index < -0.39 is 0 Å². The summed E-state index contributed by atoms with van der Waals surface area (Å²) in [6, 6.07) is 69.1. The van der Waals surface area contributed by atoms with Crippen molar-refractivity contribution in [2.24, 2.45) is 0 Å². The largest absolute Gasteiger partial charge is 0.309 e. The van der Waals surface area contributed by atoms with Crippen molar-refractivity contribution < 1.29 is 0 Å². The fourth-order valence-corrected chi connectivity index (χ4v) is 8.58. The van der Waals surface area contributed by atoms with Crippen molar-refractivity contribution in [2.75, 3.05) is 0 Å². The van der Waals surface area contributed by atoms with Crippen molar-refractivity contribution in [3.05, 3.63) is 199 Å². The van der Waals surface area contributed by atoms with Crippen molar-refractivity contribution in [2.45, 2.75) is 19.3 Å². The molecule has 9 aromatic rings. The molecule has 1 heteroatoms. The second-order valence-corrected chi connectivity index (χ2v) is 14.6. The predicted molar refractivity (Wildman–Crippen MR) is 220 cm³/mol. The number of hydrogen-bond acceptors (Lipinski definition) is 0. The molecule has 1 heterocycles. The Morgan fingerprint density at radius 1 is 0.346 bits per heavy atom. The minimum Gasteiger partial charge on any atom is -0.309 e. The summed E-state index contributed by atoms with van der Waals surface area (Å²) in [6.45, 7) is 4.70. The van der Waals surface area contributed by atoms with E-state index in [1.807, 2.05) is 0 Å². The lowest BCUT2D eigenvalue weighted by atomic mass is 9.81. The number of nitrogens with zero attached hydrogens (tertiary/aromatic N) is 1. The lowest BCUT2D eigenvalue weighted by Crippen LogP contribution is -2.14. The van der Waals surface area contributed by atoms with Crippen molar-refractivity contribution >= 4 is 21.8 Å². The molecule has 1 nitrogen and oxygen atoms in total. The van der Waals surface area contributed by atoms with Crippen molar-refractivity contribution in [3.63, 3.8) is 0 Å². The molecule has 0 fully saturated rings. The molecule has 0 unspecified atom stereocenters. The van der Waals surface area contributed by atoms with Gasteiger partial charge in [0.25, 0.3) is 0 Å². The Kier molecular flexibility index (Phi) is 6.91. The number of aromatic nitrogens is 1. The zero-order chi connectivity index (χ0) is 34.8. The highest BCUT2D eigenvalue weighted by Crippen LogP contribution is 2.49. The van der Waals surface area contributed by atoms with Crippen LogP contribution in [-0.4, -0.2) is 4.57 Å². The molecule has 0 spiro atoms. The van der Waals surface area contributed by atoms with E-state index in [1.54, 1.807) is 0 Å². The van der Waals surface area contributed by atoms with Crippen LogP contribution in [0.3, 0.4) is 0 Å². The summed E-state index contributed by atoms with van der Waals surface area (Å²) in [5.74, 6) is 0. The quantitative estimate of drug-likeness (QED) is 0.173. The molecule has 0 radical (unpaired) electrons. The molecule has 0 amide bonds. The maximum absolute atomic E-state index is 2.48. The maximum Gasteiger partial charge on any atom is 0.0619 e. The molecule has 246 valence electrons. The summed E-state index contributed by atoms with van der Waals surface area (Å²) in [4.78, 5) is 0. The summed E-state index contributed by atoms with van der Waals surface area (Å²) >= 11 is 0. The molecule has 1 aliphatic carbocycles. The van der Waals surface area contributed by atoms with E-state index in [0.29, 0.717) is 0 Å². The van der Waals surface area contributed by atoms with Crippen LogP contribution in [0.4, 0.5) is 0 Å². The van der Waals surface area contributed by atoms with Gasteiger partial charge in [0, 0.05) is 27.4 Å². The monoisotopic (exact) mass is 663 g/mol. The maximum atomic E-state index is 2.48. The van der Waals surface area contributed by atoms with Crippen LogP contribution in [0.15, 0.2) is 188 Å². The fraction of sp³-hybridized carbons (Fsp3) is 0.0588. The van der Waals surface area contributed by atoms with E-state index >= 15 is 0 Å². The first kappa shape index (κ1) is 30.4. The Balaban J connectivity index is 1.14. The van der Waals surface area contributed by atoms with Gasteiger partial charge in [-0.25, -0.2) is 0 Å². The number of rotatable bonds is 5. The lowest BCUT2D eigenvalue weighted by Gasteiger charge is -2.22. The summed E-state index contributed by atoms with van der Waals surface area (Å²) < 4.78 is 2.48. The molecule has 1 aliphatic rings. The van der Waals surface area contributed by atoms with E-state index in [0.717, 1.165) is 5.69 Å². The van der Waals surface area contributed by atoms with Gasteiger partial charge in [0.15, 0.2) is 0 Å². The second-order valence-electron chi connectivity index (χ2n) is 14.6. The summed E-state index contributed by atoms with van der Waals surface area (Å²) in [6.07, 6.45) is 0. The first-order valence-corrected chi connectivity index (χ1v) is 18.2. The molecule has 1 aromatic heterocycles. The van der Waals surface area contributed by atoms with Crippen LogP contribution in [0.2, 0.25) is 0 Å². The van der Waals surface area contributed by atoms with Gasteiger partial charge in [0.05, 0.1) is 11.0 Å². The Morgan fingerprint density at radius 3 is 1.62 bits per heavy atom. The Morgan fingerprint density at radius 2 is 0.885 bits per heavy atom. The minimum absolute atomic E-state index is 0.0247. The van der Waals surface area contributed by atoms with Crippen LogP contribution < -0.4 is 0 Å². The second kappa shape index (κ2) is 11.8. The highest BCUT2D eigenvalue weighted by atomic mass is 15.0. The fourth-order valence-electron chi connectivity index (χ4n) is 8.58. The summed E-state index contributed by atoms with van der Waals surface area (Å²) in [5.41, 5.74) is 18.8. The molecular formula is C51H37N. The van der Waals surface area contributed by atoms with Crippen LogP contribution in [0.1, 0.15) is 25.0 Å².